The number of piperazine rings is 1. The van der Waals surface area contributed by atoms with Crippen molar-refractivity contribution < 1.29 is 18.3 Å². The maximum Gasteiger partial charge on any atom is 0.411 e. The molecule has 2 aromatic carbocycles. The van der Waals surface area contributed by atoms with Gasteiger partial charge in [0.25, 0.3) is 5.56 Å². The number of unbranched alkanes of at least 4 members (excludes halogenated alkanes) is 1. The SMILES string of the molecule is CN1CCN(CCCCOC(=O)Nc2cccc(Cn3nc(-c4cc(F)cc(F)c4)ccc3=O)c2)CC1. The van der Waals surface area contributed by atoms with Crippen LogP contribution in [-0.2, 0) is 11.3 Å². The highest BCUT2D eigenvalue weighted by Gasteiger charge is 2.13. The molecule has 1 aliphatic heterocycles. The summed E-state index contributed by atoms with van der Waals surface area (Å²) in [4.78, 5) is 29.3. The number of hydrogen-bond donors (Lipinski definition) is 1. The third-order valence-electron chi connectivity index (χ3n) is 6.23. The quantitative estimate of drug-likeness (QED) is 0.440. The van der Waals surface area contributed by atoms with Crippen molar-refractivity contribution in [3.05, 3.63) is 82.1 Å². The molecule has 1 N–H and O–H groups in total. The van der Waals surface area contributed by atoms with Crippen LogP contribution in [0.1, 0.15) is 18.4 Å². The number of aromatic nitrogens is 2. The predicted molar refractivity (Wildman–Crippen MR) is 138 cm³/mol. The van der Waals surface area contributed by atoms with Crippen molar-refractivity contribution in [2.45, 2.75) is 19.4 Å². The summed E-state index contributed by atoms with van der Waals surface area (Å²) in [6.07, 6.45) is 1.22. The lowest BCUT2D eigenvalue weighted by molar-refractivity contribution is 0.140. The Morgan fingerprint density at radius 3 is 2.51 bits per heavy atom. The lowest BCUT2D eigenvalue weighted by atomic mass is 10.1. The molecule has 4 rings (SSSR count). The van der Waals surface area contributed by atoms with Gasteiger partial charge in [-0.1, -0.05) is 12.1 Å². The van der Waals surface area contributed by atoms with Crippen LogP contribution >= 0.6 is 0 Å². The molecule has 1 fully saturated rings. The first-order chi connectivity index (χ1) is 17.9. The van der Waals surface area contributed by atoms with E-state index in [1.54, 1.807) is 24.3 Å². The molecule has 37 heavy (non-hydrogen) atoms. The van der Waals surface area contributed by atoms with E-state index >= 15 is 0 Å². The lowest BCUT2D eigenvalue weighted by Gasteiger charge is -2.32. The minimum absolute atomic E-state index is 0.112. The van der Waals surface area contributed by atoms with Crippen molar-refractivity contribution in [2.24, 2.45) is 0 Å². The molecule has 8 nitrogen and oxygen atoms in total. The van der Waals surface area contributed by atoms with Crippen molar-refractivity contribution in [1.29, 1.82) is 0 Å². The Morgan fingerprint density at radius 2 is 1.76 bits per heavy atom. The third-order valence-corrected chi connectivity index (χ3v) is 6.23. The number of carbonyl (C=O) groups is 1. The average Bonchev–Trinajstić information content (AvgIpc) is 2.86. The van der Waals surface area contributed by atoms with E-state index in [0.717, 1.165) is 63.8 Å². The van der Waals surface area contributed by atoms with Gasteiger partial charge in [-0.25, -0.2) is 18.3 Å². The first kappa shape index (κ1) is 26.4. The van der Waals surface area contributed by atoms with Crippen molar-refractivity contribution in [1.82, 2.24) is 19.6 Å². The molecule has 10 heteroatoms. The third kappa shape index (κ3) is 7.93. The number of anilines is 1. The molecule has 1 aromatic heterocycles. The maximum absolute atomic E-state index is 13.6. The van der Waals surface area contributed by atoms with Gasteiger partial charge < -0.3 is 14.5 Å². The summed E-state index contributed by atoms with van der Waals surface area (Å²) in [7, 11) is 2.13. The van der Waals surface area contributed by atoms with Gasteiger partial charge in [-0.3, -0.25) is 10.1 Å². The van der Waals surface area contributed by atoms with Gasteiger partial charge in [-0.05, 0) is 62.3 Å². The zero-order chi connectivity index (χ0) is 26.2. The number of hydrogen-bond acceptors (Lipinski definition) is 6. The number of benzene rings is 2. The molecular weight excluding hydrogens is 480 g/mol. The van der Waals surface area contributed by atoms with Crippen LogP contribution in [-0.4, -0.2) is 72.1 Å². The first-order valence-electron chi connectivity index (χ1n) is 12.3. The van der Waals surface area contributed by atoms with Crippen molar-refractivity contribution >= 4 is 11.8 Å². The molecule has 0 spiro atoms. The Morgan fingerprint density at radius 1 is 1.00 bits per heavy atom. The Hall–Kier alpha value is -3.63. The van der Waals surface area contributed by atoms with Gasteiger partial charge in [-0.15, -0.1) is 0 Å². The van der Waals surface area contributed by atoms with Crippen molar-refractivity contribution in [3.63, 3.8) is 0 Å². The normalized spacial score (nSPS) is 14.5. The van der Waals surface area contributed by atoms with E-state index in [1.165, 1.54) is 16.8 Å². The first-order valence-corrected chi connectivity index (χ1v) is 12.3. The van der Waals surface area contributed by atoms with Crippen LogP contribution in [0, 0.1) is 11.6 Å². The summed E-state index contributed by atoms with van der Waals surface area (Å²) < 4.78 is 33.7. The molecule has 0 radical (unpaired) electrons. The fraction of sp³-hybridized carbons (Fsp3) is 0.370. The molecule has 1 saturated heterocycles. The fourth-order valence-corrected chi connectivity index (χ4v) is 4.17. The number of nitrogens with one attached hydrogen (secondary N) is 1. The molecule has 0 aliphatic carbocycles. The number of ether oxygens (including phenoxy) is 1. The second kappa shape index (κ2) is 12.6. The zero-order valence-electron chi connectivity index (χ0n) is 20.8. The van der Waals surface area contributed by atoms with Crippen molar-refractivity contribution in [3.8, 4) is 11.3 Å². The van der Waals surface area contributed by atoms with Gasteiger partial charge in [-0.2, -0.15) is 5.10 Å². The zero-order valence-corrected chi connectivity index (χ0v) is 20.8. The molecular formula is C27H31F2N5O3. The standard InChI is InChI=1S/C27H31F2N5O3/c1-32-10-12-33(13-11-32)9-2-3-14-37-27(36)30-24-6-4-5-20(15-24)19-34-26(35)8-7-25(31-34)21-16-22(28)18-23(29)17-21/h4-8,15-18H,2-3,9-14,19H2,1H3,(H,30,36). The molecule has 1 aliphatic rings. The highest BCUT2D eigenvalue weighted by molar-refractivity contribution is 5.84. The Kier molecular flexibility index (Phi) is 8.97. The van der Waals surface area contributed by atoms with Gasteiger partial charge in [0.05, 0.1) is 18.8 Å². The van der Waals surface area contributed by atoms with E-state index in [0.29, 0.717) is 17.9 Å². The number of rotatable bonds is 9. The van der Waals surface area contributed by atoms with E-state index in [2.05, 4.69) is 27.3 Å². The second-order valence-electron chi connectivity index (χ2n) is 9.19. The molecule has 0 saturated carbocycles. The topological polar surface area (TPSA) is 79.7 Å². The van der Waals surface area contributed by atoms with Crippen LogP contribution in [0.25, 0.3) is 11.3 Å². The Labute approximate surface area is 214 Å². The van der Waals surface area contributed by atoms with E-state index in [9.17, 15) is 18.4 Å². The van der Waals surface area contributed by atoms with Crippen LogP contribution in [0.3, 0.4) is 0 Å². The smallest absolute Gasteiger partial charge is 0.411 e. The van der Waals surface area contributed by atoms with Crippen LogP contribution in [0.2, 0.25) is 0 Å². The molecule has 196 valence electrons. The van der Waals surface area contributed by atoms with Gasteiger partial charge in [0.2, 0.25) is 0 Å². The molecule has 3 aromatic rings. The second-order valence-corrected chi connectivity index (χ2v) is 9.19. The van der Waals surface area contributed by atoms with E-state index in [1.807, 2.05) is 0 Å². The number of nitrogens with zero attached hydrogens (tertiary/aromatic N) is 4. The summed E-state index contributed by atoms with van der Waals surface area (Å²) in [5.74, 6) is -1.45. The summed E-state index contributed by atoms with van der Waals surface area (Å²) in [6.45, 7) is 5.77. The maximum atomic E-state index is 13.6. The van der Waals surface area contributed by atoms with Gasteiger partial charge in [0.1, 0.15) is 11.6 Å². The van der Waals surface area contributed by atoms with Crippen LogP contribution < -0.4 is 10.9 Å². The van der Waals surface area contributed by atoms with E-state index in [-0.39, 0.29) is 23.4 Å². The van der Waals surface area contributed by atoms with Gasteiger partial charge in [0, 0.05) is 49.6 Å². The molecule has 0 atom stereocenters. The highest BCUT2D eigenvalue weighted by Crippen LogP contribution is 2.19. The van der Waals surface area contributed by atoms with Gasteiger partial charge >= 0.3 is 6.09 Å². The molecule has 1 amide bonds. The Bertz CT molecular complexity index is 1250. The molecule has 0 unspecified atom stereocenters. The summed E-state index contributed by atoms with van der Waals surface area (Å²) >= 11 is 0. The number of halogens is 2. The van der Waals surface area contributed by atoms with Crippen LogP contribution in [0.5, 0.6) is 0 Å². The predicted octanol–water partition coefficient (Wildman–Crippen LogP) is 3.81. The fourth-order valence-electron chi connectivity index (χ4n) is 4.17. The van der Waals surface area contributed by atoms with Crippen molar-refractivity contribution in [2.75, 3.05) is 51.7 Å². The van der Waals surface area contributed by atoms with Crippen LogP contribution in [0.15, 0.2) is 59.4 Å². The summed E-state index contributed by atoms with van der Waals surface area (Å²) in [6, 6.07) is 12.8. The average molecular weight is 512 g/mol. The number of amides is 1. The minimum Gasteiger partial charge on any atom is -0.449 e. The lowest BCUT2D eigenvalue weighted by Crippen LogP contribution is -2.44. The van der Waals surface area contributed by atoms with E-state index < -0.39 is 17.7 Å². The minimum atomic E-state index is -0.727. The molecule has 0 bridgehead atoms. The Balaban J connectivity index is 1.28. The van der Waals surface area contributed by atoms with Gasteiger partial charge in [0.15, 0.2) is 0 Å². The van der Waals surface area contributed by atoms with E-state index in [4.69, 9.17) is 4.74 Å². The number of carbonyl (C=O) groups excluding carboxylic acids is 1. The molecule has 2 heterocycles. The summed E-state index contributed by atoms with van der Waals surface area (Å²) in [5.41, 5.74) is 1.37. The number of likely N-dealkylation sites (N-methyl/N-ethyl adjacent to an activating group) is 1. The van der Waals surface area contributed by atoms with Crippen LogP contribution in [0.4, 0.5) is 19.3 Å². The largest absolute Gasteiger partial charge is 0.449 e. The highest BCUT2D eigenvalue weighted by atomic mass is 19.1. The monoisotopic (exact) mass is 511 g/mol. The summed E-state index contributed by atoms with van der Waals surface area (Å²) in [5, 5.41) is 6.97.